The Kier molecular flexibility index (Phi) is 7.68. The number of para-hydroxylation sites is 3. The van der Waals surface area contributed by atoms with E-state index in [1.807, 2.05) is 0 Å². The minimum absolute atomic E-state index is 0.207. The van der Waals surface area contributed by atoms with Gasteiger partial charge in [-0.15, -0.1) is 0 Å². The Hall–Kier alpha value is -6.29. The van der Waals surface area contributed by atoms with Crippen LogP contribution in [0.5, 0.6) is 0 Å². The summed E-state index contributed by atoms with van der Waals surface area (Å²) in [6.07, 6.45) is 7.08. The van der Waals surface area contributed by atoms with E-state index in [9.17, 15) is 0 Å². The van der Waals surface area contributed by atoms with E-state index in [0.717, 1.165) is 0 Å². The molecule has 276 valence electrons. The maximum absolute atomic E-state index is 2.48. The molecule has 0 amide bonds. The van der Waals surface area contributed by atoms with Gasteiger partial charge in [0.25, 0.3) is 0 Å². The second kappa shape index (κ2) is 12.9. The molecule has 2 nitrogen and oxygen atoms in total. The monoisotopic (exact) mass is 752 g/mol. The van der Waals surface area contributed by atoms with Crippen LogP contribution < -0.4 is 0 Å². The first-order valence-corrected chi connectivity index (χ1v) is 22.8. The zero-order valence-electron chi connectivity index (χ0n) is 32.8. The highest BCUT2D eigenvalue weighted by Crippen LogP contribution is 2.51. The Bertz CT molecular complexity index is 3180. The lowest BCUT2D eigenvalue weighted by Gasteiger charge is -2.34. The molecule has 2 unspecified atom stereocenters. The van der Waals surface area contributed by atoms with Gasteiger partial charge in [-0.1, -0.05) is 128 Å². The molecular weight excluding hydrogens is 709 g/mol. The predicted octanol–water partition coefficient (Wildman–Crippen LogP) is 14.5. The average Bonchev–Trinajstić information content (AvgIpc) is 3.76. The fourth-order valence-electron chi connectivity index (χ4n) is 9.76. The van der Waals surface area contributed by atoms with Gasteiger partial charge in [0.1, 0.15) is 0 Å². The molecule has 0 saturated heterocycles. The molecule has 57 heavy (non-hydrogen) atoms. The molecule has 1 aliphatic carbocycles. The molecular formula is C54H44N2S. The van der Waals surface area contributed by atoms with Gasteiger partial charge in [0, 0.05) is 38.8 Å². The average molecular weight is 753 g/mol. The van der Waals surface area contributed by atoms with Crippen LogP contribution in [0.15, 0.2) is 187 Å². The first-order chi connectivity index (χ1) is 27.8. The molecule has 0 spiro atoms. The van der Waals surface area contributed by atoms with Crippen LogP contribution in [0.1, 0.15) is 35.4 Å². The van der Waals surface area contributed by atoms with Crippen LogP contribution in [0.2, 0.25) is 0 Å². The van der Waals surface area contributed by atoms with E-state index >= 15 is 0 Å². The minimum atomic E-state index is -0.808. The van der Waals surface area contributed by atoms with Crippen LogP contribution in [0.4, 0.5) is 0 Å². The van der Waals surface area contributed by atoms with Crippen molar-refractivity contribution in [1.29, 1.82) is 0 Å². The fraction of sp³-hybridized carbons (Fsp3) is 0.111. The number of hydrogen-bond donors (Lipinski definition) is 0. The summed E-state index contributed by atoms with van der Waals surface area (Å²) in [7, 11) is -0.808. The number of nitrogens with zero attached hydrogens (tertiary/aromatic N) is 2. The molecule has 0 saturated carbocycles. The molecule has 0 bridgehead atoms. The Morgan fingerprint density at radius 3 is 1.63 bits per heavy atom. The summed E-state index contributed by atoms with van der Waals surface area (Å²) >= 11 is 0. The maximum atomic E-state index is 2.48. The van der Waals surface area contributed by atoms with Gasteiger partial charge < -0.3 is 9.13 Å². The van der Waals surface area contributed by atoms with Gasteiger partial charge in [0.2, 0.25) is 0 Å². The topological polar surface area (TPSA) is 9.86 Å². The van der Waals surface area contributed by atoms with Crippen molar-refractivity contribution in [2.24, 2.45) is 0 Å². The summed E-state index contributed by atoms with van der Waals surface area (Å²) in [6, 6.07) is 68.3. The molecule has 2 aromatic heterocycles. The van der Waals surface area contributed by atoms with Crippen LogP contribution in [-0.2, 0) is 0 Å². The summed E-state index contributed by atoms with van der Waals surface area (Å²) in [5, 5.41) is 5.14. The van der Waals surface area contributed by atoms with E-state index in [4.69, 9.17) is 0 Å². The number of fused-ring (bicyclic) bond motifs is 9. The van der Waals surface area contributed by atoms with Crippen LogP contribution in [-0.4, -0.2) is 27.9 Å². The summed E-state index contributed by atoms with van der Waals surface area (Å²) in [6.45, 7) is 2.43. The van der Waals surface area contributed by atoms with Gasteiger partial charge in [-0.2, -0.15) is 0 Å². The van der Waals surface area contributed by atoms with Gasteiger partial charge in [-0.05, 0) is 129 Å². The Morgan fingerprint density at radius 2 is 0.930 bits per heavy atom. The highest BCUT2D eigenvalue weighted by molar-refractivity contribution is 8.32. The smallest absolute Gasteiger partial charge is 0.0547 e. The maximum Gasteiger partial charge on any atom is 0.0547 e. The van der Waals surface area contributed by atoms with E-state index in [-0.39, 0.29) is 11.8 Å². The molecule has 8 aromatic carbocycles. The summed E-state index contributed by atoms with van der Waals surface area (Å²) in [5.41, 5.74) is 16.7. The van der Waals surface area contributed by atoms with Crippen molar-refractivity contribution < 1.29 is 0 Å². The minimum Gasteiger partial charge on any atom is -0.309 e. The predicted molar refractivity (Wildman–Crippen MR) is 246 cm³/mol. The molecule has 0 aliphatic heterocycles. The van der Waals surface area contributed by atoms with Crippen molar-refractivity contribution in [1.82, 2.24) is 9.13 Å². The second-order valence-electron chi connectivity index (χ2n) is 16.5. The molecule has 0 radical (unpaired) electrons. The van der Waals surface area contributed by atoms with Crippen LogP contribution >= 0.6 is 10.0 Å². The SMILES string of the molecule is CC1c2cc(-c3ccc4c5ccccc5n(-c5ccc(S(C)(C)C)cc5)c4c3)ccc2-c2ccccc2C1c1ccc2c3ccccc3n(-c3ccccc3)c2c1. The van der Waals surface area contributed by atoms with E-state index < -0.39 is 10.0 Å². The first kappa shape index (κ1) is 34.0. The summed E-state index contributed by atoms with van der Waals surface area (Å²) in [5.74, 6) is 0.471. The lowest BCUT2D eigenvalue weighted by atomic mass is 9.69. The van der Waals surface area contributed by atoms with Crippen molar-refractivity contribution in [3.8, 4) is 33.6 Å². The Balaban J connectivity index is 1.06. The lowest BCUT2D eigenvalue weighted by molar-refractivity contribution is 0.650. The standard InChI is InChI=1S/C54H44N2S/c1-35-49-32-36(37-23-30-46-44-17-11-13-21-51(44)56(52(46)33-37)40-25-27-41(28-26-40)57(2,3)4)22-29-43(49)42-16-8-9-19-48(42)54(35)38-24-31-47-45-18-10-12-20-50(45)55(53(47)34-38)39-14-6-5-7-15-39/h5-35,54H,1-4H3. The van der Waals surface area contributed by atoms with Crippen LogP contribution in [0.3, 0.4) is 0 Å². The third-order valence-electron chi connectivity index (χ3n) is 12.5. The second-order valence-corrected chi connectivity index (χ2v) is 20.7. The first-order valence-electron chi connectivity index (χ1n) is 20.0. The molecule has 0 N–H and O–H groups in total. The van der Waals surface area contributed by atoms with Gasteiger partial charge in [0.05, 0.1) is 22.1 Å². The van der Waals surface area contributed by atoms with Crippen molar-refractivity contribution in [3.63, 3.8) is 0 Å². The third-order valence-corrected chi connectivity index (χ3v) is 14.2. The molecule has 1 aliphatic rings. The highest BCUT2D eigenvalue weighted by Gasteiger charge is 2.33. The molecule has 10 aromatic rings. The van der Waals surface area contributed by atoms with Crippen LogP contribution in [0, 0.1) is 0 Å². The number of rotatable bonds is 5. The largest absolute Gasteiger partial charge is 0.309 e. The van der Waals surface area contributed by atoms with E-state index in [1.165, 1.54) is 98.8 Å². The zero-order chi connectivity index (χ0) is 38.4. The summed E-state index contributed by atoms with van der Waals surface area (Å²) in [4.78, 5) is 1.43. The molecule has 2 heterocycles. The third kappa shape index (κ3) is 5.33. The fourth-order valence-corrected chi connectivity index (χ4v) is 10.7. The summed E-state index contributed by atoms with van der Waals surface area (Å²) < 4.78 is 4.89. The van der Waals surface area contributed by atoms with Gasteiger partial charge in [-0.25, -0.2) is 10.0 Å². The van der Waals surface area contributed by atoms with Crippen molar-refractivity contribution in [2.75, 3.05) is 18.8 Å². The van der Waals surface area contributed by atoms with E-state index in [1.54, 1.807) is 0 Å². The molecule has 11 rings (SSSR count). The van der Waals surface area contributed by atoms with Crippen molar-refractivity contribution >= 4 is 53.6 Å². The van der Waals surface area contributed by atoms with Crippen LogP contribution in [0.25, 0.3) is 77.2 Å². The van der Waals surface area contributed by atoms with Crippen molar-refractivity contribution in [2.45, 2.75) is 23.7 Å². The van der Waals surface area contributed by atoms with Gasteiger partial charge in [-0.3, -0.25) is 0 Å². The lowest BCUT2D eigenvalue weighted by Crippen LogP contribution is -2.17. The van der Waals surface area contributed by atoms with Gasteiger partial charge in [0.15, 0.2) is 0 Å². The number of benzene rings is 8. The normalized spacial score (nSPS) is 15.6. The Labute approximate surface area is 336 Å². The zero-order valence-corrected chi connectivity index (χ0v) is 33.6. The van der Waals surface area contributed by atoms with Crippen molar-refractivity contribution in [3.05, 3.63) is 199 Å². The molecule has 2 atom stereocenters. The van der Waals surface area contributed by atoms with E-state index in [0.29, 0.717) is 0 Å². The highest BCUT2D eigenvalue weighted by atomic mass is 32.3. The van der Waals surface area contributed by atoms with E-state index in [2.05, 4.69) is 217 Å². The number of hydrogen-bond acceptors (Lipinski definition) is 0. The molecule has 3 heteroatoms. The number of aromatic nitrogens is 2. The quantitative estimate of drug-likeness (QED) is 0.166. The van der Waals surface area contributed by atoms with Gasteiger partial charge >= 0.3 is 0 Å². The molecule has 0 fully saturated rings. The Morgan fingerprint density at radius 1 is 0.404 bits per heavy atom.